The van der Waals surface area contributed by atoms with Crippen LogP contribution >= 0.6 is 0 Å². The number of pyridine rings is 1. The summed E-state index contributed by atoms with van der Waals surface area (Å²) in [7, 11) is -0.968. The molecule has 0 unspecified atom stereocenters. The van der Waals surface area contributed by atoms with Gasteiger partial charge in [0.15, 0.2) is 0 Å². The molecule has 162 valence electrons. The second-order valence-electron chi connectivity index (χ2n) is 6.39. The predicted molar refractivity (Wildman–Crippen MR) is 111 cm³/mol. The highest BCUT2D eigenvalue weighted by atomic mass is 32.2. The summed E-state index contributed by atoms with van der Waals surface area (Å²) in [6.07, 6.45) is 0. The number of nitrogens with one attached hydrogen (secondary N) is 1. The lowest BCUT2D eigenvalue weighted by atomic mass is 10.2. The fraction of sp³-hybridized carbons (Fsp3) is 0.350. The Morgan fingerprint density at radius 2 is 1.80 bits per heavy atom. The van der Waals surface area contributed by atoms with Gasteiger partial charge in [0.2, 0.25) is 10.0 Å². The Morgan fingerprint density at radius 3 is 2.37 bits per heavy atom. The second kappa shape index (κ2) is 9.68. The topological polar surface area (TPSA) is 115 Å². The summed E-state index contributed by atoms with van der Waals surface area (Å²) in [5.74, 6) is -0.873. The van der Waals surface area contributed by atoms with Gasteiger partial charge in [0.1, 0.15) is 16.3 Å². The number of amides is 1. The van der Waals surface area contributed by atoms with E-state index in [0.717, 1.165) is 4.31 Å². The van der Waals surface area contributed by atoms with Crippen LogP contribution < -0.4 is 10.1 Å². The van der Waals surface area contributed by atoms with Gasteiger partial charge in [-0.25, -0.2) is 22.5 Å². The number of ether oxygens (including phenoxy) is 2. The Hall–Kier alpha value is -2.98. The molecule has 0 bridgehead atoms. The summed E-state index contributed by atoms with van der Waals surface area (Å²) < 4.78 is 36.7. The van der Waals surface area contributed by atoms with E-state index in [0.29, 0.717) is 5.69 Å². The fourth-order valence-corrected chi connectivity index (χ4v) is 3.62. The number of rotatable bonds is 8. The number of esters is 1. The molecular weight excluding hydrogens is 410 g/mol. The summed E-state index contributed by atoms with van der Waals surface area (Å²) in [4.78, 5) is 28.6. The molecule has 2 rings (SSSR count). The van der Waals surface area contributed by atoms with Crippen molar-refractivity contribution < 1.29 is 27.5 Å². The van der Waals surface area contributed by atoms with Gasteiger partial charge < -0.3 is 14.8 Å². The molecule has 0 radical (unpaired) electrons. The van der Waals surface area contributed by atoms with Gasteiger partial charge in [-0.2, -0.15) is 0 Å². The third-order valence-corrected chi connectivity index (χ3v) is 5.91. The highest BCUT2D eigenvalue weighted by Gasteiger charge is 2.23. The van der Waals surface area contributed by atoms with E-state index in [2.05, 4.69) is 10.3 Å². The van der Waals surface area contributed by atoms with Crippen LogP contribution in [-0.2, 0) is 14.8 Å². The van der Waals surface area contributed by atoms with E-state index in [-0.39, 0.29) is 40.8 Å². The van der Waals surface area contributed by atoms with Gasteiger partial charge in [0.05, 0.1) is 24.5 Å². The minimum absolute atomic E-state index is 0.0612. The lowest BCUT2D eigenvalue weighted by molar-refractivity contribution is 0.0524. The van der Waals surface area contributed by atoms with Crippen molar-refractivity contribution in [2.75, 3.05) is 32.6 Å². The third kappa shape index (κ3) is 5.14. The molecule has 1 amide bonds. The minimum atomic E-state index is -3.79. The van der Waals surface area contributed by atoms with Crippen LogP contribution in [0.4, 0.5) is 5.69 Å². The number of anilines is 1. The number of aromatic nitrogens is 1. The van der Waals surface area contributed by atoms with Crippen molar-refractivity contribution in [2.24, 2.45) is 0 Å². The predicted octanol–water partition coefficient (Wildman–Crippen LogP) is 2.47. The number of sulfonamides is 1. The number of carbonyl (C=O) groups is 2. The molecule has 1 heterocycles. The summed E-state index contributed by atoms with van der Waals surface area (Å²) in [5, 5.41) is 2.62. The SMILES string of the molecule is CCOC(=O)c1ccc(C(=O)Nc2ccc(OCC)c(S(=O)(=O)N(C)C)c2)nc1C. The van der Waals surface area contributed by atoms with Gasteiger partial charge >= 0.3 is 5.97 Å². The number of aryl methyl sites for hydroxylation is 1. The van der Waals surface area contributed by atoms with Gasteiger partial charge in [-0.1, -0.05) is 0 Å². The van der Waals surface area contributed by atoms with Gasteiger partial charge in [-0.15, -0.1) is 0 Å². The molecule has 0 aliphatic carbocycles. The second-order valence-corrected chi connectivity index (χ2v) is 8.51. The number of hydrogen-bond donors (Lipinski definition) is 1. The zero-order valence-corrected chi connectivity index (χ0v) is 18.4. The number of benzene rings is 1. The number of carbonyl (C=O) groups excluding carboxylic acids is 2. The van der Waals surface area contributed by atoms with Crippen molar-refractivity contribution in [3.63, 3.8) is 0 Å². The third-order valence-electron chi connectivity index (χ3n) is 4.07. The Labute approximate surface area is 176 Å². The Balaban J connectivity index is 2.33. The van der Waals surface area contributed by atoms with E-state index in [1.807, 2.05) is 0 Å². The maximum Gasteiger partial charge on any atom is 0.339 e. The van der Waals surface area contributed by atoms with Crippen LogP contribution in [0.2, 0.25) is 0 Å². The van der Waals surface area contributed by atoms with Crippen LogP contribution in [0.3, 0.4) is 0 Å². The standard InChI is InChI=1S/C20H25N3O6S/c1-6-28-17-11-8-14(12-18(17)30(26,27)23(4)5)22-19(24)16-10-9-15(13(3)21-16)20(25)29-7-2/h8-12H,6-7H2,1-5H3,(H,22,24). The molecule has 0 fully saturated rings. The van der Waals surface area contributed by atoms with Crippen molar-refractivity contribution in [3.05, 3.63) is 47.3 Å². The van der Waals surface area contributed by atoms with Crippen molar-refractivity contribution in [1.29, 1.82) is 0 Å². The molecule has 1 N–H and O–H groups in total. The highest BCUT2D eigenvalue weighted by Crippen LogP contribution is 2.29. The monoisotopic (exact) mass is 435 g/mol. The minimum Gasteiger partial charge on any atom is -0.492 e. The molecule has 10 heteroatoms. The molecule has 0 aliphatic rings. The quantitative estimate of drug-likeness (QED) is 0.633. The van der Waals surface area contributed by atoms with E-state index in [4.69, 9.17) is 9.47 Å². The number of hydrogen-bond acceptors (Lipinski definition) is 7. The Morgan fingerprint density at radius 1 is 1.10 bits per heavy atom. The zero-order valence-electron chi connectivity index (χ0n) is 17.6. The van der Waals surface area contributed by atoms with Gasteiger partial charge in [0, 0.05) is 19.8 Å². The first-order chi connectivity index (χ1) is 14.1. The first-order valence-electron chi connectivity index (χ1n) is 9.27. The summed E-state index contributed by atoms with van der Waals surface area (Å²) >= 11 is 0. The molecule has 0 atom stereocenters. The fourth-order valence-electron chi connectivity index (χ4n) is 2.57. The van der Waals surface area contributed by atoms with Crippen molar-refractivity contribution in [1.82, 2.24) is 9.29 Å². The largest absolute Gasteiger partial charge is 0.492 e. The molecule has 1 aromatic heterocycles. The summed E-state index contributed by atoms with van der Waals surface area (Å²) in [6, 6.07) is 7.23. The molecule has 0 saturated heterocycles. The van der Waals surface area contributed by atoms with E-state index in [1.54, 1.807) is 20.8 Å². The van der Waals surface area contributed by atoms with Crippen LogP contribution in [0.1, 0.15) is 40.4 Å². The van der Waals surface area contributed by atoms with Crippen molar-refractivity contribution >= 4 is 27.6 Å². The molecule has 1 aromatic carbocycles. The zero-order chi connectivity index (χ0) is 22.5. The van der Waals surface area contributed by atoms with Gasteiger partial charge in [-0.05, 0) is 51.1 Å². The van der Waals surface area contributed by atoms with E-state index in [9.17, 15) is 18.0 Å². The highest BCUT2D eigenvalue weighted by molar-refractivity contribution is 7.89. The van der Waals surface area contributed by atoms with Crippen LogP contribution in [0, 0.1) is 6.92 Å². The van der Waals surface area contributed by atoms with E-state index < -0.39 is 21.9 Å². The van der Waals surface area contributed by atoms with Crippen LogP contribution in [0.15, 0.2) is 35.2 Å². The van der Waals surface area contributed by atoms with Crippen LogP contribution in [0.25, 0.3) is 0 Å². The first kappa shape index (κ1) is 23.3. The van der Waals surface area contributed by atoms with E-state index >= 15 is 0 Å². The Bertz CT molecular complexity index is 1050. The number of nitrogens with zero attached hydrogens (tertiary/aromatic N) is 2. The van der Waals surface area contributed by atoms with E-state index in [1.165, 1.54) is 44.4 Å². The summed E-state index contributed by atoms with van der Waals surface area (Å²) in [5.41, 5.74) is 0.960. The van der Waals surface area contributed by atoms with Crippen molar-refractivity contribution in [3.8, 4) is 5.75 Å². The lowest BCUT2D eigenvalue weighted by Gasteiger charge is -2.16. The molecule has 30 heavy (non-hydrogen) atoms. The molecular formula is C20H25N3O6S. The maximum atomic E-state index is 12.6. The average Bonchev–Trinajstić information content (AvgIpc) is 2.69. The molecule has 0 aliphatic heterocycles. The lowest BCUT2D eigenvalue weighted by Crippen LogP contribution is -2.23. The van der Waals surface area contributed by atoms with Gasteiger partial charge in [-0.3, -0.25) is 4.79 Å². The van der Waals surface area contributed by atoms with Crippen LogP contribution in [0.5, 0.6) is 5.75 Å². The molecule has 0 saturated carbocycles. The molecule has 0 spiro atoms. The normalized spacial score (nSPS) is 11.3. The maximum absolute atomic E-state index is 12.6. The smallest absolute Gasteiger partial charge is 0.339 e. The average molecular weight is 436 g/mol. The molecule has 2 aromatic rings. The van der Waals surface area contributed by atoms with Gasteiger partial charge in [0.25, 0.3) is 5.91 Å². The Kier molecular flexibility index (Phi) is 7.52. The summed E-state index contributed by atoms with van der Waals surface area (Å²) in [6.45, 7) is 5.57. The first-order valence-corrected chi connectivity index (χ1v) is 10.7. The van der Waals surface area contributed by atoms with Crippen LogP contribution in [-0.4, -0.2) is 56.9 Å². The van der Waals surface area contributed by atoms with Crippen molar-refractivity contribution in [2.45, 2.75) is 25.7 Å². The molecule has 9 nitrogen and oxygen atoms in total.